The molecule has 0 bridgehead atoms. The molecule has 0 heterocycles. The average Bonchev–Trinajstić information content (AvgIpc) is 2.92. The zero-order chi connectivity index (χ0) is 19.4. The second kappa shape index (κ2) is 12.5. The van der Waals surface area contributed by atoms with E-state index in [1.54, 1.807) is 0 Å². The van der Waals surface area contributed by atoms with Gasteiger partial charge in [0.25, 0.3) is 0 Å². The van der Waals surface area contributed by atoms with E-state index in [0.717, 1.165) is 32.4 Å². The molecule has 1 aliphatic rings. The summed E-state index contributed by atoms with van der Waals surface area (Å²) < 4.78 is 0. The van der Waals surface area contributed by atoms with Crippen LogP contribution in [0.5, 0.6) is 0 Å². The second-order valence-corrected chi connectivity index (χ2v) is 7.12. The van der Waals surface area contributed by atoms with E-state index >= 15 is 0 Å². The lowest BCUT2D eigenvalue weighted by Gasteiger charge is -2.28. The Morgan fingerprint density at radius 2 is 1.85 bits per heavy atom. The van der Waals surface area contributed by atoms with Crippen molar-refractivity contribution in [1.82, 2.24) is 4.90 Å². The standard InChI is InChI=1S/C22H30N2.C2H6/c1-18(2)24(17-21-8-5-4-6-9-21)15-14-19(3)22-11-7-10-20(16-23)12-13-22;1-2/h4-6,8-9,11-13,18-20H,7,10,14-15,17H2,1-3H3;1-2H3. The summed E-state index contributed by atoms with van der Waals surface area (Å²) in [7, 11) is 0. The van der Waals surface area contributed by atoms with Crippen molar-refractivity contribution in [1.29, 1.82) is 5.26 Å². The summed E-state index contributed by atoms with van der Waals surface area (Å²) in [5, 5.41) is 9.09. The molecule has 0 radical (unpaired) electrons. The Morgan fingerprint density at radius 3 is 2.46 bits per heavy atom. The minimum atomic E-state index is 0.0798. The number of allylic oxidation sites excluding steroid dienone is 4. The van der Waals surface area contributed by atoms with Crippen LogP contribution in [0.4, 0.5) is 0 Å². The van der Waals surface area contributed by atoms with Crippen LogP contribution in [0.15, 0.2) is 54.1 Å². The van der Waals surface area contributed by atoms with Gasteiger partial charge in [-0.15, -0.1) is 0 Å². The summed E-state index contributed by atoms with van der Waals surface area (Å²) in [5.41, 5.74) is 2.78. The number of rotatable bonds is 7. The molecule has 2 nitrogen and oxygen atoms in total. The summed E-state index contributed by atoms with van der Waals surface area (Å²) in [6, 6.07) is 13.6. The third-order valence-corrected chi connectivity index (χ3v) is 4.92. The zero-order valence-corrected chi connectivity index (χ0v) is 17.3. The van der Waals surface area contributed by atoms with Gasteiger partial charge in [-0.25, -0.2) is 0 Å². The van der Waals surface area contributed by atoms with E-state index < -0.39 is 0 Å². The molecule has 2 unspecified atom stereocenters. The summed E-state index contributed by atoms with van der Waals surface area (Å²) in [6.45, 7) is 13.0. The summed E-state index contributed by atoms with van der Waals surface area (Å²) in [4.78, 5) is 2.55. The van der Waals surface area contributed by atoms with Crippen molar-refractivity contribution in [2.45, 2.75) is 66.5 Å². The largest absolute Gasteiger partial charge is 0.297 e. The lowest BCUT2D eigenvalue weighted by atomic mass is 9.96. The highest BCUT2D eigenvalue weighted by Gasteiger charge is 2.15. The van der Waals surface area contributed by atoms with E-state index in [-0.39, 0.29) is 5.92 Å². The van der Waals surface area contributed by atoms with Crippen LogP contribution in [-0.2, 0) is 6.54 Å². The molecule has 0 N–H and O–H groups in total. The van der Waals surface area contributed by atoms with Crippen molar-refractivity contribution in [3.8, 4) is 6.07 Å². The van der Waals surface area contributed by atoms with Crippen molar-refractivity contribution >= 4 is 0 Å². The van der Waals surface area contributed by atoms with E-state index in [9.17, 15) is 0 Å². The molecule has 0 amide bonds. The van der Waals surface area contributed by atoms with Gasteiger partial charge in [-0.1, -0.05) is 69.3 Å². The predicted octanol–water partition coefficient (Wildman–Crippen LogP) is 6.37. The lowest BCUT2D eigenvalue weighted by molar-refractivity contribution is 0.203. The van der Waals surface area contributed by atoms with Crippen molar-refractivity contribution in [2.75, 3.05) is 6.54 Å². The van der Waals surface area contributed by atoms with Crippen LogP contribution in [-0.4, -0.2) is 17.5 Å². The van der Waals surface area contributed by atoms with Crippen molar-refractivity contribution < 1.29 is 0 Å². The van der Waals surface area contributed by atoms with Crippen molar-refractivity contribution in [3.05, 3.63) is 59.7 Å². The Balaban J connectivity index is 0.00000163. The quantitative estimate of drug-likeness (QED) is 0.570. The van der Waals surface area contributed by atoms with Crippen LogP contribution in [0.25, 0.3) is 0 Å². The molecule has 1 aromatic rings. The number of nitrogens with zero attached hydrogens (tertiary/aromatic N) is 2. The molecule has 0 aliphatic heterocycles. The highest BCUT2D eigenvalue weighted by molar-refractivity contribution is 5.25. The number of hydrogen-bond acceptors (Lipinski definition) is 2. The SMILES string of the molecule is CC.CC(CCN(Cc1ccccc1)C(C)C)C1=CCCC(C#N)C=C1. The molecule has 0 aromatic heterocycles. The van der Waals surface area contributed by atoms with Crippen LogP contribution in [0.3, 0.4) is 0 Å². The minimum Gasteiger partial charge on any atom is -0.297 e. The van der Waals surface area contributed by atoms with Gasteiger partial charge in [-0.05, 0) is 56.7 Å². The van der Waals surface area contributed by atoms with Gasteiger partial charge >= 0.3 is 0 Å². The topological polar surface area (TPSA) is 27.0 Å². The van der Waals surface area contributed by atoms with Gasteiger partial charge in [0.1, 0.15) is 0 Å². The Hall–Kier alpha value is -1.85. The predicted molar refractivity (Wildman–Crippen MR) is 113 cm³/mol. The number of nitriles is 1. The molecular formula is C24H36N2. The summed E-state index contributed by atoms with van der Waals surface area (Å²) in [5.74, 6) is 0.618. The van der Waals surface area contributed by atoms with Crippen LogP contribution in [0, 0.1) is 23.2 Å². The van der Waals surface area contributed by atoms with Gasteiger partial charge < -0.3 is 0 Å². The Bertz CT molecular complexity index is 592. The lowest BCUT2D eigenvalue weighted by Crippen LogP contribution is -2.32. The zero-order valence-electron chi connectivity index (χ0n) is 17.3. The molecule has 26 heavy (non-hydrogen) atoms. The van der Waals surface area contributed by atoms with Gasteiger partial charge in [-0.2, -0.15) is 5.26 Å². The molecule has 0 fully saturated rings. The van der Waals surface area contributed by atoms with E-state index in [1.807, 2.05) is 13.8 Å². The Morgan fingerprint density at radius 1 is 1.15 bits per heavy atom. The highest BCUT2D eigenvalue weighted by atomic mass is 15.1. The van der Waals surface area contributed by atoms with E-state index in [0.29, 0.717) is 12.0 Å². The minimum absolute atomic E-state index is 0.0798. The van der Waals surface area contributed by atoms with Gasteiger partial charge in [0.2, 0.25) is 0 Å². The monoisotopic (exact) mass is 352 g/mol. The molecule has 1 aromatic carbocycles. The van der Waals surface area contributed by atoms with Crippen LogP contribution >= 0.6 is 0 Å². The maximum atomic E-state index is 9.09. The van der Waals surface area contributed by atoms with Crippen molar-refractivity contribution in [2.24, 2.45) is 11.8 Å². The third kappa shape index (κ3) is 7.58. The van der Waals surface area contributed by atoms with Gasteiger partial charge in [0.05, 0.1) is 12.0 Å². The number of hydrogen-bond donors (Lipinski definition) is 0. The molecule has 142 valence electrons. The van der Waals surface area contributed by atoms with E-state index in [1.165, 1.54) is 11.1 Å². The van der Waals surface area contributed by atoms with Crippen LogP contribution in [0.1, 0.15) is 59.4 Å². The molecular weight excluding hydrogens is 316 g/mol. The van der Waals surface area contributed by atoms with E-state index in [4.69, 9.17) is 5.26 Å². The Labute approximate surface area is 161 Å². The maximum absolute atomic E-state index is 9.09. The first-order valence-electron chi connectivity index (χ1n) is 10.2. The first kappa shape index (κ1) is 22.2. The first-order valence-corrected chi connectivity index (χ1v) is 10.2. The summed E-state index contributed by atoms with van der Waals surface area (Å²) in [6.07, 6.45) is 9.72. The Kier molecular flexibility index (Phi) is 10.7. The normalized spacial score (nSPS) is 17.8. The second-order valence-electron chi connectivity index (χ2n) is 7.12. The maximum Gasteiger partial charge on any atom is 0.0697 e. The molecule has 0 saturated heterocycles. The third-order valence-electron chi connectivity index (χ3n) is 4.92. The highest BCUT2D eigenvalue weighted by Crippen LogP contribution is 2.24. The fraction of sp³-hybridized carbons (Fsp3) is 0.542. The van der Waals surface area contributed by atoms with Crippen molar-refractivity contribution in [3.63, 3.8) is 0 Å². The summed E-state index contributed by atoms with van der Waals surface area (Å²) >= 11 is 0. The molecule has 2 atom stereocenters. The molecule has 2 heteroatoms. The molecule has 0 saturated carbocycles. The van der Waals surface area contributed by atoms with E-state index in [2.05, 4.69) is 80.3 Å². The smallest absolute Gasteiger partial charge is 0.0697 e. The number of benzene rings is 1. The first-order chi connectivity index (χ1) is 12.6. The van der Waals surface area contributed by atoms with Gasteiger partial charge in [0.15, 0.2) is 0 Å². The fourth-order valence-electron chi connectivity index (χ4n) is 3.16. The molecule has 1 aliphatic carbocycles. The van der Waals surface area contributed by atoms with Crippen LogP contribution < -0.4 is 0 Å². The van der Waals surface area contributed by atoms with Crippen LogP contribution in [0.2, 0.25) is 0 Å². The van der Waals surface area contributed by atoms with Gasteiger partial charge in [0, 0.05) is 12.6 Å². The fourth-order valence-corrected chi connectivity index (χ4v) is 3.16. The van der Waals surface area contributed by atoms with Gasteiger partial charge in [-0.3, -0.25) is 4.90 Å². The average molecular weight is 353 g/mol. The molecule has 2 rings (SSSR count). The molecule has 0 spiro atoms.